The Morgan fingerprint density at radius 2 is 1.25 bits per heavy atom. The Kier molecular flexibility index (Phi) is 4.36. The molecule has 0 radical (unpaired) electrons. The Labute approximate surface area is 119 Å². The Hall–Kier alpha value is -2.35. The van der Waals surface area contributed by atoms with Crippen LogP contribution < -0.4 is 0 Å². The van der Waals surface area contributed by atoms with Gasteiger partial charge in [0.2, 0.25) is 0 Å². The van der Waals surface area contributed by atoms with Crippen LogP contribution in [0.25, 0.3) is 0 Å². The molecule has 20 heavy (non-hydrogen) atoms. The summed E-state index contributed by atoms with van der Waals surface area (Å²) in [6.45, 7) is 3.06. The molecule has 0 aromatic heterocycles. The number of benzene rings is 2. The minimum absolute atomic E-state index is 0.0789. The van der Waals surface area contributed by atoms with Crippen LogP contribution in [0.1, 0.15) is 30.9 Å². The predicted molar refractivity (Wildman–Crippen MR) is 80.7 cm³/mol. The third-order valence-corrected chi connectivity index (χ3v) is 3.32. The molecule has 0 atom stereocenters. The number of carbonyl (C=O) groups is 1. The van der Waals surface area contributed by atoms with E-state index in [4.69, 9.17) is 0 Å². The van der Waals surface area contributed by atoms with Gasteiger partial charge >= 0.3 is 0 Å². The van der Waals surface area contributed by atoms with Crippen molar-refractivity contribution in [2.24, 2.45) is 0 Å². The maximum atomic E-state index is 12.0. The first kappa shape index (κ1) is 14.1. The zero-order chi connectivity index (χ0) is 14.5. The van der Waals surface area contributed by atoms with Gasteiger partial charge in [-0.25, -0.2) is 0 Å². The lowest BCUT2D eigenvalue weighted by atomic mass is 9.82. The Balaban J connectivity index is 2.62. The molecule has 102 valence electrons. The number of Topliss-reactive ketones (excluding diaryl/α,β-unsaturated/α-hetero) is 1. The fourth-order valence-electron chi connectivity index (χ4n) is 2.48. The molecule has 2 nitrogen and oxygen atoms in total. The SMILES string of the molecule is CC(=O)/C(=C(/C)O)C(c1ccccc1)c1ccccc1. The minimum atomic E-state index is -0.236. The molecule has 1 N–H and O–H groups in total. The van der Waals surface area contributed by atoms with Gasteiger partial charge in [0.15, 0.2) is 5.78 Å². The average molecular weight is 266 g/mol. The summed E-state index contributed by atoms with van der Waals surface area (Å²) in [6.07, 6.45) is 0. The monoisotopic (exact) mass is 266 g/mol. The van der Waals surface area contributed by atoms with Gasteiger partial charge in [-0.2, -0.15) is 0 Å². The molecule has 2 aromatic rings. The van der Waals surface area contributed by atoms with Gasteiger partial charge in [-0.1, -0.05) is 60.7 Å². The summed E-state index contributed by atoms with van der Waals surface area (Å²) in [6, 6.07) is 19.5. The van der Waals surface area contributed by atoms with Crippen molar-refractivity contribution in [2.75, 3.05) is 0 Å². The van der Waals surface area contributed by atoms with Crippen LogP contribution in [0.4, 0.5) is 0 Å². The number of allylic oxidation sites excluding steroid dienone is 2. The third-order valence-electron chi connectivity index (χ3n) is 3.32. The largest absolute Gasteiger partial charge is 0.512 e. The van der Waals surface area contributed by atoms with Crippen LogP contribution in [-0.4, -0.2) is 10.9 Å². The summed E-state index contributed by atoms with van der Waals surface area (Å²) < 4.78 is 0. The Morgan fingerprint density at radius 3 is 1.55 bits per heavy atom. The van der Waals surface area contributed by atoms with Gasteiger partial charge in [0.05, 0.1) is 5.76 Å². The topological polar surface area (TPSA) is 37.3 Å². The van der Waals surface area contributed by atoms with E-state index in [1.807, 2.05) is 60.7 Å². The molecule has 0 saturated carbocycles. The van der Waals surface area contributed by atoms with Crippen molar-refractivity contribution < 1.29 is 9.90 Å². The van der Waals surface area contributed by atoms with Gasteiger partial charge in [-0.15, -0.1) is 0 Å². The van der Waals surface area contributed by atoms with Crippen molar-refractivity contribution >= 4 is 5.78 Å². The standard InChI is InChI=1S/C18H18O2/c1-13(19)17(14(2)20)18(15-9-5-3-6-10-15)16-11-7-4-8-12-16/h3-12,18-19H,1-2H3/b17-13+. The highest BCUT2D eigenvalue weighted by Crippen LogP contribution is 2.33. The van der Waals surface area contributed by atoms with E-state index in [-0.39, 0.29) is 17.5 Å². The summed E-state index contributed by atoms with van der Waals surface area (Å²) in [7, 11) is 0. The van der Waals surface area contributed by atoms with Crippen molar-refractivity contribution in [2.45, 2.75) is 19.8 Å². The van der Waals surface area contributed by atoms with Gasteiger partial charge in [0, 0.05) is 11.5 Å². The second kappa shape index (κ2) is 6.20. The molecular weight excluding hydrogens is 248 g/mol. The fraction of sp³-hybridized carbons (Fsp3) is 0.167. The maximum absolute atomic E-state index is 12.0. The molecule has 0 saturated heterocycles. The van der Waals surface area contributed by atoms with Crippen LogP contribution in [-0.2, 0) is 4.79 Å². The molecule has 0 fully saturated rings. The van der Waals surface area contributed by atoms with Crippen LogP contribution in [0.3, 0.4) is 0 Å². The molecule has 0 aliphatic heterocycles. The van der Waals surface area contributed by atoms with E-state index < -0.39 is 0 Å². The Bertz CT molecular complexity index is 569. The molecule has 2 aromatic carbocycles. The third kappa shape index (κ3) is 2.97. The van der Waals surface area contributed by atoms with E-state index >= 15 is 0 Å². The van der Waals surface area contributed by atoms with Gasteiger partial charge in [-0.3, -0.25) is 4.79 Å². The number of aliphatic hydroxyl groups is 1. The van der Waals surface area contributed by atoms with Crippen LogP contribution in [0.5, 0.6) is 0 Å². The van der Waals surface area contributed by atoms with E-state index in [1.165, 1.54) is 6.92 Å². The van der Waals surface area contributed by atoms with E-state index in [0.29, 0.717) is 5.57 Å². The summed E-state index contributed by atoms with van der Waals surface area (Å²) in [5.74, 6) is -0.266. The van der Waals surface area contributed by atoms with E-state index in [2.05, 4.69) is 0 Å². The number of aliphatic hydroxyl groups excluding tert-OH is 1. The first-order chi connectivity index (χ1) is 9.61. The lowest BCUT2D eigenvalue weighted by Gasteiger charge is -2.20. The van der Waals surface area contributed by atoms with Gasteiger partial charge in [0.1, 0.15) is 0 Å². The molecule has 0 aliphatic rings. The number of carbonyl (C=O) groups excluding carboxylic acids is 1. The van der Waals surface area contributed by atoms with Crippen molar-refractivity contribution in [1.82, 2.24) is 0 Å². The van der Waals surface area contributed by atoms with E-state index in [9.17, 15) is 9.90 Å². The highest BCUT2D eigenvalue weighted by Gasteiger charge is 2.24. The number of rotatable bonds is 4. The molecule has 0 aliphatic carbocycles. The lowest BCUT2D eigenvalue weighted by Crippen LogP contribution is -2.13. The first-order valence-electron chi connectivity index (χ1n) is 6.62. The van der Waals surface area contributed by atoms with Crippen molar-refractivity contribution in [3.8, 4) is 0 Å². The second-order valence-electron chi connectivity index (χ2n) is 4.81. The van der Waals surface area contributed by atoms with Crippen molar-refractivity contribution in [1.29, 1.82) is 0 Å². The second-order valence-corrected chi connectivity index (χ2v) is 4.81. The maximum Gasteiger partial charge on any atom is 0.160 e. The summed E-state index contributed by atoms with van der Waals surface area (Å²) in [4.78, 5) is 12.0. The highest BCUT2D eigenvalue weighted by molar-refractivity contribution is 5.96. The zero-order valence-corrected chi connectivity index (χ0v) is 11.7. The van der Waals surface area contributed by atoms with Crippen LogP contribution >= 0.6 is 0 Å². The van der Waals surface area contributed by atoms with Crippen LogP contribution in [0, 0.1) is 0 Å². The molecule has 0 bridgehead atoms. The number of hydrogen-bond donors (Lipinski definition) is 1. The molecule has 0 amide bonds. The smallest absolute Gasteiger partial charge is 0.160 e. The Morgan fingerprint density at radius 1 is 0.850 bits per heavy atom. The van der Waals surface area contributed by atoms with E-state index in [1.54, 1.807) is 6.92 Å². The quantitative estimate of drug-likeness (QED) is 0.664. The molecule has 0 spiro atoms. The van der Waals surface area contributed by atoms with Gasteiger partial charge in [-0.05, 0) is 25.0 Å². The zero-order valence-electron chi connectivity index (χ0n) is 11.7. The fourth-order valence-corrected chi connectivity index (χ4v) is 2.48. The molecule has 2 rings (SSSR count). The average Bonchev–Trinajstić information content (AvgIpc) is 2.45. The summed E-state index contributed by atoms with van der Waals surface area (Å²) in [5, 5.41) is 9.93. The molecule has 2 heteroatoms. The van der Waals surface area contributed by atoms with Gasteiger partial charge in [0.25, 0.3) is 0 Å². The lowest BCUT2D eigenvalue weighted by molar-refractivity contribution is -0.114. The van der Waals surface area contributed by atoms with Crippen LogP contribution in [0.15, 0.2) is 72.0 Å². The summed E-state index contributed by atoms with van der Waals surface area (Å²) >= 11 is 0. The normalized spacial score (nSPS) is 12.2. The predicted octanol–water partition coefficient (Wildman–Crippen LogP) is 4.24. The highest BCUT2D eigenvalue weighted by atomic mass is 16.3. The van der Waals surface area contributed by atoms with Gasteiger partial charge < -0.3 is 5.11 Å². The summed E-state index contributed by atoms with van der Waals surface area (Å²) in [5.41, 5.74) is 2.44. The number of ketones is 1. The molecular formula is C18H18O2. The minimum Gasteiger partial charge on any atom is -0.512 e. The van der Waals surface area contributed by atoms with Crippen molar-refractivity contribution in [3.05, 3.63) is 83.1 Å². The van der Waals surface area contributed by atoms with Crippen LogP contribution in [0.2, 0.25) is 0 Å². The van der Waals surface area contributed by atoms with Crippen molar-refractivity contribution in [3.63, 3.8) is 0 Å². The molecule has 0 heterocycles. The number of hydrogen-bond acceptors (Lipinski definition) is 2. The van der Waals surface area contributed by atoms with E-state index in [0.717, 1.165) is 11.1 Å². The molecule has 0 unspecified atom stereocenters. The first-order valence-corrected chi connectivity index (χ1v) is 6.62.